The average Bonchev–Trinajstić information content (AvgIpc) is 3.23. The molecular weight excluding hydrogens is 368 g/mol. The smallest absolute Gasteiger partial charge is 0.311 e. The number of hydrogen-bond donors (Lipinski definition) is 0. The zero-order chi connectivity index (χ0) is 18.8. The minimum Gasteiger partial charge on any atom is -0.479 e. The highest BCUT2D eigenvalue weighted by atomic mass is 32.1. The Morgan fingerprint density at radius 3 is 2.85 bits per heavy atom. The van der Waals surface area contributed by atoms with Crippen LogP contribution in [0.15, 0.2) is 18.2 Å². The Kier molecular flexibility index (Phi) is 4.99. The van der Waals surface area contributed by atoms with E-state index in [0.717, 1.165) is 31.0 Å². The third kappa shape index (κ3) is 3.91. The zero-order valence-electron chi connectivity index (χ0n) is 15.0. The van der Waals surface area contributed by atoms with Gasteiger partial charge in [-0.25, -0.2) is 0 Å². The van der Waals surface area contributed by atoms with Crippen molar-refractivity contribution in [2.45, 2.75) is 39.3 Å². The van der Waals surface area contributed by atoms with E-state index in [1.807, 2.05) is 6.92 Å². The van der Waals surface area contributed by atoms with Gasteiger partial charge in [-0.2, -0.15) is 9.61 Å². The van der Waals surface area contributed by atoms with Gasteiger partial charge in [-0.3, -0.25) is 15.0 Å². The van der Waals surface area contributed by atoms with Crippen LogP contribution in [0.25, 0.3) is 4.96 Å². The van der Waals surface area contributed by atoms with Crippen LogP contribution >= 0.6 is 11.3 Å². The van der Waals surface area contributed by atoms with Crippen LogP contribution in [0.2, 0.25) is 0 Å². The fourth-order valence-electron chi connectivity index (χ4n) is 3.20. The third-order valence-corrected chi connectivity index (χ3v) is 5.45. The van der Waals surface area contributed by atoms with Gasteiger partial charge in [-0.05, 0) is 44.5 Å². The summed E-state index contributed by atoms with van der Waals surface area (Å²) in [5.74, 6) is 1.06. The molecule has 1 fully saturated rings. The summed E-state index contributed by atoms with van der Waals surface area (Å²) in [7, 11) is 0. The second-order valence-corrected chi connectivity index (χ2v) is 7.70. The standard InChI is InChI=1S/C17H20N6O3S/c1-12-5-6-14(13(9-12)23(24)25)26-11-16-20-22-15(18-19-17(22)27-16)10-21-7-3-2-4-8-21/h5-6,9H,2-4,7-8,10-11H2,1H3. The summed E-state index contributed by atoms with van der Waals surface area (Å²) in [6.07, 6.45) is 3.72. The first kappa shape index (κ1) is 17.8. The maximum Gasteiger partial charge on any atom is 0.311 e. The molecule has 0 radical (unpaired) electrons. The Morgan fingerprint density at radius 2 is 2.07 bits per heavy atom. The number of nitrogens with zero attached hydrogens (tertiary/aromatic N) is 6. The van der Waals surface area contributed by atoms with Crippen molar-refractivity contribution in [1.82, 2.24) is 24.7 Å². The number of ether oxygens (including phenoxy) is 1. The SMILES string of the molecule is Cc1ccc(OCc2nn3c(CN4CCCCC4)nnc3s2)c([N+](=O)[O-])c1. The number of hydrogen-bond acceptors (Lipinski definition) is 8. The number of fused-ring (bicyclic) bond motifs is 1. The van der Waals surface area contributed by atoms with Crippen molar-refractivity contribution in [3.63, 3.8) is 0 Å². The summed E-state index contributed by atoms with van der Waals surface area (Å²) < 4.78 is 7.41. The predicted molar refractivity (Wildman–Crippen MR) is 100.0 cm³/mol. The number of nitro benzene ring substituents is 1. The summed E-state index contributed by atoms with van der Waals surface area (Å²) in [6.45, 7) is 4.84. The molecule has 3 heterocycles. The molecule has 1 aliphatic heterocycles. The normalized spacial score (nSPS) is 15.3. The molecule has 0 unspecified atom stereocenters. The second kappa shape index (κ2) is 7.57. The van der Waals surface area contributed by atoms with E-state index in [4.69, 9.17) is 4.74 Å². The molecule has 0 amide bonds. The predicted octanol–water partition coefficient (Wildman–Crippen LogP) is 2.97. The van der Waals surface area contributed by atoms with Crippen LogP contribution in [0.5, 0.6) is 5.75 Å². The largest absolute Gasteiger partial charge is 0.479 e. The molecule has 2 aromatic heterocycles. The van der Waals surface area contributed by atoms with Gasteiger partial charge in [0, 0.05) is 6.07 Å². The summed E-state index contributed by atoms with van der Waals surface area (Å²) in [4.78, 5) is 13.8. The van der Waals surface area contributed by atoms with Gasteiger partial charge in [-0.1, -0.05) is 23.8 Å². The quantitative estimate of drug-likeness (QED) is 0.473. The molecule has 0 bridgehead atoms. The van der Waals surface area contributed by atoms with E-state index in [2.05, 4.69) is 20.2 Å². The lowest BCUT2D eigenvalue weighted by Crippen LogP contribution is -2.30. The van der Waals surface area contributed by atoms with E-state index < -0.39 is 4.92 Å². The van der Waals surface area contributed by atoms with Gasteiger partial charge in [-0.15, -0.1) is 10.2 Å². The highest BCUT2D eigenvalue weighted by Crippen LogP contribution is 2.29. The van der Waals surface area contributed by atoms with E-state index in [-0.39, 0.29) is 18.0 Å². The van der Waals surface area contributed by atoms with Gasteiger partial charge in [0.1, 0.15) is 6.61 Å². The van der Waals surface area contributed by atoms with Crippen molar-refractivity contribution in [2.75, 3.05) is 13.1 Å². The Morgan fingerprint density at radius 1 is 1.26 bits per heavy atom. The lowest BCUT2D eigenvalue weighted by atomic mass is 10.1. The van der Waals surface area contributed by atoms with E-state index >= 15 is 0 Å². The Balaban J connectivity index is 1.48. The summed E-state index contributed by atoms with van der Waals surface area (Å²) >= 11 is 1.38. The molecule has 0 atom stereocenters. The van der Waals surface area contributed by atoms with Crippen LogP contribution in [0.4, 0.5) is 5.69 Å². The van der Waals surface area contributed by atoms with E-state index in [1.165, 1.54) is 36.7 Å². The minimum absolute atomic E-state index is 0.0382. The average molecular weight is 388 g/mol. The topological polar surface area (TPSA) is 98.7 Å². The van der Waals surface area contributed by atoms with Crippen LogP contribution in [0.1, 0.15) is 35.7 Å². The Bertz CT molecular complexity index is 963. The zero-order valence-corrected chi connectivity index (χ0v) is 15.8. The van der Waals surface area contributed by atoms with Gasteiger partial charge >= 0.3 is 5.69 Å². The molecule has 9 nitrogen and oxygen atoms in total. The molecule has 142 valence electrons. The molecule has 10 heteroatoms. The van der Waals surface area contributed by atoms with Gasteiger partial charge < -0.3 is 4.74 Å². The minimum atomic E-state index is -0.433. The molecule has 1 saturated heterocycles. The maximum absolute atomic E-state index is 11.2. The van der Waals surface area contributed by atoms with Crippen molar-refractivity contribution in [3.05, 3.63) is 44.7 Å². The summed E-state index contributed by atoms with van der Waals surface area (Å²) in [6, 6.07) is 4.91. The number of aromatic nitrogens is 4. The lowest BCUT2D eigenvalue weighted by Gasteiger charge is -2.25. The van der Waals surface area contributed by atoms with E-state index in [1.54, 1.807) is 16.6 Å². The van der Waals surface area contributed by atoms with Crippen molar-refractivity contribution < 1.29 is 9.66 Å². The number of benzene rings is 1. The van der Waals surface area contributed by atoms with E-state index in [9.17, 15) is 10.1 Å². The molecule has 1 aromatic carbocycles. The fraction of sp³-hybridized carbons (Fsp3) is 0.471. The first-order valence-corrected chi connectivity index (χ1v) is 9.72. The highest BCUT2D eigenvalue weighted by Gasteiger charge is 2.19. The summed E-state index contributed by atoms with van der Waals surface area (Å²) in [5, 5.41) is 24.9. The molecule has 1 aliphatic rings. The molecule has 0 saturated carbocycles. The van der Waals surface area contributed by atoms with Crippen LogP contribution < -0.4 is 4.74 Å². The Labute approximate surface area is 159 Å². The number of piperidine rings is 1. The second-order valence-electron chi connectivity index (χ2n) is 6.66. The molecule has 3 aromatic rings. The molecule has 4 rings (SSSR count). The number of aryl methyl sites for hydroxylation is 1. The number of nitro groups is 1. The first-order valence-electron chi connectivity index (χ1n) is 8.90. The van der Waals surface area contributed by atoms with E-state index in [0.29, 0.717) is 9.97 Å². The first-order chi connectivity index (χ1) is 13.1. The fourth-order valence-corrected chi connectivity index (χ4v) is 3.97. The molecule has 0 N–H and O–H groups in total. The van der Waals surface area contributed by atoms with Crippen LogP contribution in [0.3, 0.4) is 0 Å². The van der Waals surface area contributed by atoms with Gasteiger partial charge in [0.15, 0.2) is 16.6 Å². The van der Waals surface area contributed by atoms with Crippen molar-refractivity contribution in [3.8, 4) is 5.75 Å². The maximum atomic E-state index is 11.2. The molecule has 0 aliphatic carbocycles. The third-order valence-electron chi connectivity index (χ3n) is 4.57. The van der Waals surface area contributed by atoms with Crippen molar-refractivity contribution in [1.29, 1.82) is 0 Å². The van der Waals surface area contributed by atoms with Gasteiger partial charge in [0.2, 0.25) is 4.96 Å². The number of likely N-dealkylation sites (tertiary alicyclic amines) is 1. The molecular formula is C17H20N6O3S. The Hall–Kier alpha value is -2.59. The monoisotopic (exact) mass is 388 g/mol. The van der Waals surface area contributed by atoms with Crippen LogP contribution in [0, 0.1) is 17.0 Å². The molecule has 27 heavy (non-hydrogen) atoms. The molecule has 0 spiro atoms. The van der Waals surface area contributed by atoms with Crippen LogP contribution in [-0.2, 0) is 13.2 Å². The number of rotatable bonds is 6. The van der Waals surface area contributed by atoms with Gasteiger partial charge in [0.05, 0.1) is 11.5 Å². The van der Waals surface area contributed by atoms with Crippen LogP contribution in [-0.4, -0.2) is 42.7 Å². The van der Waals surface area contributed by atoms with Gasteiger partial charge in [0.25, 0.3) is 0 Å². The lowest BCUT2D eigenvalue weighted by molar-refractivity contribution is -0.386. The van der Waals surface area contributed by atoms with Crippen molar-refractivity contribution >= 4 is 22.0 Å². The highest BCUT2D eigenvalue weighted by molar-refractivity contribution is 7.16. The summed E-state index contributed by atoms with van der Waals surface area (Å²) in [5.41, 5.74) is 0.777. The van der Waals surface area contributed by atoms with Crippen molar-refractivity contribution in [2.24, 2.45) is 0 Å².